The number of furan rings is 1. The summed E-state index contributed by atoms with van der Waals surface area (Å²) in [6, 6.07) is 22.1. The van der Waals surface area contributed by atoms with E-state index in [0.717, 1.165) is 34.5 Å². The maximum absolute atomic E-state index is 13.1. The number of hydrogen-bond acceptors (Lipinski definition) is 6. The van der Waals surface area contributed by atoms with Gasteiger partial charge in [-0.1, -0.05) is 55.8 Å². The molecule has 0 amide bonds. The van der Waals surface area contributed by atoms with Gasteiger partial charge in [0.05, 0.1) is 18.8 Å². The highest BCUT2D eigenvalue weighted by Gasteiger charge is 2.30. The molecule has 0 aliphatic heterocycles. The lowest BCUT2D eigenvalue weighted by Gasteiger charge is -2.33. The molecule has 0 aliphatic rings. The zero-order valence-electron chi connectivity index (χ0n) is 21.5. The number of aromatic nitrogens is 5. The number of tetrazole rings is 1. The first-order valence-corrected chi connectivity index (χ1v) is 12.7. The van der Waals surface area contributed by atoms with E-state index in [9.17, 15) is 4.79 Å². The monoisotopic (exact) mass is 496 g/mol. The fraction of sp³-hybridized carbons (Fsp3) is 0.310. The topological polar surface area (TPSA) is 92.8 Å². The average molecular weight is 497 g/mol. The van der Waals surface area contributed by atoms with Gasteiger partial charge < -0.3 is 9.40 Å². The summed E-state index contributed by atoms with van der Waals surface area (Å²) in [6.45, 7) is 7.98. The fourth-order valence-electron chi connectivity index (χ4n) is 4.91. The summed E-state index contributed by atoms with van der Waals surface area (Å²) in [5.41, 5.74) is 3.82. The third-order valence-electron chi connectivity index (χ3n) is 6.69. The van der Waals surface area contributed by atoms with Crippen molar-refractivity contribution in [2.45, 2.75) is 52.9 Å². The molecule has 0 unspecified atom stereocenters. The van der Waals surface area contributed by atoms with Gasteiger partial charge in [0.1, 0.15) is 5.76 Å². The highest BCUT2D eigenvalue weighted by atomic mass is 16.3. The summed E-state index contributed by atoms with van der Waals surface area (Å²) in [4.78, 5) is 18.4. The highest BCUT2D eigenvalue weighted by Crippen LogP contribution is 2.30. The van der Waals surface area contributed by atoms with E-state index in [1.165, 1.54) is 5.56 Å². The van der Waals surface area contributed by atoms with Crippen LogP contribution in [0.3, 0.4) is 0 Å². The number of nitrogens with one attached hydrogen (secondary N) is 1. The largest absolute Gasteiger partial charge is 0.468 e. The Labute approximate surface area is 215 Å². The quantitative estimate of drug-likeness (QED) is 0.291. The minimum absolute atomic E-state index is 0.0908. The van der Waals surface area contributed by atoms with Gasteiger partial charge in [0.25, 0.3) is 5.56 Å². The van der Waals surface area contributed by atoms with Crippen molar-refractivity contribution in [2.75, 3.05) is 0 Å². The third kappa shape index (κ3) is 5.70. The smallest absolute Gasteiger partial charge is 0.252 e. The van der Waals surface area contributed by atoms with Crippen molar-refractivity contribution in [1.29, 1.82) is 0 Å². The number of aryl methyl sites for hydroxylation is 3. The molecule has 5 rings (SSSR count). The zero-order chi connectivity index (χ0) is 25.8. The fourth-order valence-corrected chi connectivity index (χ4v) is 4.91. The number of rotatable bonds is 10. The Morgan fingerprint density at radius 3 is 2.62 bits per heavy atom. The number of H-pyrrole nitrogens is 1. The lowest BCUT2D eigenvalue weighted by atomic mass is 10.00. The summed E-state index contributed by atoms with van der Waals surface area (Å²) in [6.07, 6.45) is 2.50. The number of fused-ring (bicyclic) bond motifs is 1. The van der Waals surface area contributed by atoms with E-state index in [-0.39, 0.29) is 17.5 Å². The normalized spacial score (nSPS) is 12.6. The molecule has 8 heteroatoms. The zero-order valence-corrected chi connectivity index (χ0v) is 21.5. The van der Waals surface area contributed by atoms with Crippen LogP contribution in [0.15, 0.2) is 82.2 Å². The second-order valence-corrected chi connectivity index (χ2v) is 9.88. The van der Waals surface area contributed by atoms with Crippen LogP contribution in [-0.2, 0) is 26.1 Å². The first kappa shape index (κ1) is 24.6. The molecule has 1 N–H and O–H groups in total. The molecular formula is C29H32N6O2. The number of hydrogen-bond donors (Lipinski definition) is 1. The molecule has 0 spiro atoms. The van der Waals surface area contributed by atoms with Crippen molar-refractivity contribution in [3.63, 3.8) is 0 Å². The molecule has 8 nitrogen and oxygen atoms in total. The Bertz CT molecular complexity index is 1500. The van der Waals surface area contributed by atoms with Crippen molar-refractivity contribution in [3.8, 4) is 0 Å². The van der Waals surface area contributed by atoms with Crippen molar-refractivity contribution >= 4 is 10.9 Å². The van der Waals surface area contributed by atoms with Gasteiger partial charge in [-0.05, 0) is 71.0 Å². The average Bonchev–Trinajstić information content (AvgIpc) is 3.56. The predicted molar refractivity (Wildman–Crippen MR) is 143 cm³/mol. The lowest BCUT2D eigenvalue weighted by Crippen LogP contribution is -2.35. The first-order valence-electron chi connectivity index (χ1n) is 12.7. The van der Waals surface area contributed by atoms with Crippen LogP contribution in [0, 0.1) is 12.8 Å². The van der Waals surface area contributed by atoms with Gasteiger partial charge in [-0.3, -0.25) is 9.69 Å². The second-order valence-electron chi connectivity index (χ2n) is 9.88. The molecule has 0 bridgehead atoms. The molecule has 3 heterocycles. The van der Waals surface area contributed by atoms with Crippen molar-refractivity contribution in [1.82, 2.24) is 30.1 Å². The molecule has 37 heavy (non-hydrogen) atoms. The molecular weight excluding hydrogens is 464 g/mol. The maximum atomic E-state index is 13.1. The van der Waals surface area contributed by atoms with Gasteiger partial charge >= 0.3 is 0 Å². The van der Waals surface area contributed by atoms with E-state index in [1.54, 1.807) is 6.26 Å². The van der Waals surface area contributed by atoms with Gasteiger partial charge in [0.15, 0.2) is 5.82 Å². The van der Waals surface area contributed by atoms with Crippen LogP contribution in [-0.4, -0.2) is 30.1 Å². The molecule has 1 atom stereocenters. The number of benzene rings is 2. The van der Waals surface area contributed by atoms with E-state index in [1.807, 2.05) is 53.2 Å². The van der Waals surface area contributed by atoms with Crippen molar-refractivity contribution < 1.29 is 4.42 Å². The summed E-state index contributed by atoms with van der Waals surface area (Å²) < 4.78 is 7.60. The van der Waals surface area contributed by atoms with E-state index in [2.05, 4.69) is 64.4 Å². The van der Waals surface area contributed by atoms with E-state index in [0.29, 0.717) is 25.2 Å². The first-order chi connectivity index (χ1) is 18.0. The Morgan fingerprint density at radius 1 is 1.03 bits per heavy atom. The van der Waals surface area contributed by atoms with Crippen molar-refractivity contribution in [3.05, 3.63) is 112 Å². The van der Waals surface area contributed by atoms with Crippen LogP contribution >= 0.6 is 0 Å². The Morgan fingerprint density at radius 2 is 1.86 bits per heavy atom. The minimum Gasteiger partial charge on any atom is -0.468 e. The van der Waals surface area contributed by atoms with Gasteiger partial charge in [-0.15, -0.1) is 5.10 Å². The highest BCUT2D eigenvalue weighted by molar-refractivity contribution is 5.79. The van der Waals surface area contributed by atoms with Crippen LogP contribution in [0.5, 0.6) is 0 Å². The molecule has 0 saturated heterocycles. The Hall–Kier alpha value is -4.04. The number of pyridine rings is 1. The summed E-state index contributed by atoms with van der Waals surface area (Å²) in [5.74, 6) is 1.78. The van der Waals surface area contributed by atoms with Gasteiger partial charge in [0.2, 0.25) is 0 Å². The SMILES string of the molecule is Cc1ccc2[nH]c(=O)c(CN(Cc3ccco3)[C@@H](c3nnnn3CCc3ccccc3)C(C)C)cc2c1. The van der Waals surface area contributed by atoms with E-state index in [4.69, 9.17) is 4.42 Å². The molecule has 0 aliphatic carbocycles. The number of aromatic amines is 1. The van der Waals surface area contributed by atoms with E-state index >= 15 is 0 Å². The Balaban J connectivity index is 1.49. The van der Waals surface area contributed by atoms with Gasteiger partial charge in [-0.25, -0.2) is 4.68 Å². The molecule has 0 radical (unpaired) electrons. The van der Waals surface area contributed by atoms with E-state index < -0.39 is 0 Å². The molecule has 0 fully saturated rings. The van der Waals surface area contributed by atoms with Gasteiger partial charge in [-0.2, -0.15) is 0 Å². The predicted octanol–water partition coefficient (Wildman–Crippen LogP) is 5.06. The molecule has 190 valence electrons. The van der Waals surface area contributed by atoms with Crippen LogP contribution < -0.4 is 5.56 Å². The van der Waals surface area contributed by atoms with Crippen molar-refractivity contribution in [2.24, 2.45) is 5.92 Å². The summed E-state index contributed by atoms with van der Waals surface area (Å²) in [7, 11) is 0. The standard InChI is InChI=1S/C29H32N6O2/c1-20(2)27(28-31-32-33-35(28)14-13-22-8-5-4-6-9-22)34(19-25-10-7-15-37-25)18-24-17-23-16-21(3)11-12-26(23)30-29(24)36/h4-12,15-17,20,27H,13-14,18-19H2,1-3H3,(H,30,36)/t27-/m1/s1. The van der Waals surface area contributed by atoms with Crippen LogP contribution in [0.25, 0.3) is 10.9 Å². The lowest BCUT2D eigenvalue weighted by molar-refractivity contribution is 0.116. The Kier molecular flexibility index (Phi) is 7.28. The van der Waals surface area contributed by atoms with Gasteiger partial charge in [0, 0.05) is 24.2 Å². The second kappa shape index (κ2) is 10.9. The van der Waals surface area contributed by atoms with Crippen LogP contribution in [0.4, 0.5) is 0 Å². The molecule has 0 saturated carbocycles. The number of nitrogens with zero attached hydrogens (tertiary/aromatic N) is 5. The van der Waals surface area contributed by atoms with Crippen LogP contribution in [0.1, 0.15) is 48.2 Å². The third-order valence-corrected chi connectivity index (χ3v) is 6.69. The summed E-state index contributed by atoms with van der Waals surface area (Å²) >= 11 is 0. The molecule has 3 aromatic heterocycles. The molecule has 5 aromatic rings. The maximum Gasteiger partial charge on any atom is 0.252 e. The van der Waals surface area contributed by atoms with Crippen LogP contribution in [0.2, 0.25) is 0 Å². The molecule has 2 aromatic carbocycles. The summed E-state index contributed by atoms with van der Waals surface area (Å²) in [5, 5.41) is 13.8. The minimum atomic E-state index is -0.136.